The summed E-state index contributed by atoms with van der Waals surface area (Å²) in [6.07, 6.45) is 4.62. The lowest BCUT2D eigenvalue weighted by Crippen LogP contribution is -2.27. The fourth-order valence-electron chi connectivity index (χ4n) is 1.67. The highest BCUT2D eigenvalue weighted by Gasteiger charge is 2.40. The predicted molar refractivity (Wildman–Crippen MR) is 52.3 cm³/mol. The third kappa shape index (κ3) is 1.78. The van der Waals surface area contributed by atoms with Crippen LogP contribution in [0.25, 0.3) is 0 Å². The number of hydrogen-bond donors (Lipinski definition) is 1. The molecular formula is C10H15N3O. The summed E-state index contributed by atoms with van der Waals surface area (Å²) in [5.41, 5.74) is 1.05. The number of amides is 1. The monoisotopic (exact) mass is 193 g/mol. The number of H-pyrrole nitrogens is 1. The summed E-state index contributed by atoms with van der Waals surface area (Å²) in [7, 11) is 1.85. The second-order valence-electron chi connectivity index (χ2n) is 4.12. The molecule has 1 aliphatic carbocycles. The number of aromatic nitrogens is 2. The van der Waals surface area contributed by atoms with Gasteiger partial charge in [-0.3, -0.25) is 9.89 Å². The van der Waals surface area contributed by atoms with E-state index in [0.29, 0.717) is 12.5 Å². The van der Waals surface area contributed by atoms with Crippen LogP contribution >= 0.6 is 0 Å². The van der Waals surface area contributed by atoms with Crippen LogP contribution in [0.3, 0.4) is 0 Å². The smallest absolute Gasteiger partial charge is 0.226 e. The van der Waals surface area contributed by atoms with Crippen LogP contribution in [0.5, 0.6) is 0 Å². The van der Waals surface area contributed by atoms with Crippen molar-refractivity contribution in [2.75, 3.05) is 7.05 Å². The van der Waals surface area contributed by atoms with E-state index in [-0.39, 0.29) is 11.8 Å². The second kappa shape index (κ2) is 3.44. The number of carbonyl (C=O) groups is 1. The molecule has 2 atom stereocenters. The van der Waals surface area contributed by atoms with Gasteiger partial charge in [-0.25, -0.2) is 0 Å². The summed E-state index contributed by atoms with van der Waals surface area (Å²) in [6, 6.07) is 0. The van der Waals surface area contributed by atoms with Gasteiger partial charge in [-0.05, 0) is 12.3 Å². The quantitative estimate of drug-likeness (QED) is 0.779. The molecule has 1 N–H and O–H groups in total. The van der Waals surface area contributed by atoms with Gasteiger partial charge >= 0.3 is 0 Å². The standard InChI is InChI=1S/C10H15N3O/c1-7-3-9(7)10(14)13(2)6-8-4-11-12-5-8/h4-5,7,9H,3,6H2,1-2H3,(H,11,12). The third-order valence-corrected chi connectivity index (χ3v) is 2.78. The second-order valence-corrected chi connectivity index (χ2v) is 4.12. The van der Waals surface area contributed by atoms with Crippen molar-refractivity contribution in [3.63, 3.8) is 0 Å². The minimum Gasteiger partial charge on any atom is -0.341 e. The Labute approximate surface area is 83.3 Å². The van der Waals surface area contributed by atoms with Gasteiger partial charge < -0.3 is 4.90 Å². The van der Waals surface area contributed by atoms with Gasteiger partial charge in [-0.15, -0.1) is 0 Å². The van der Waals surface area contributed by atoms with Gasteiger partial charge in [-0.1, -0.05) is 6.92 Å². The SMILES string of the molecule is CC1CC1C(=O)N(C)Cc1cn[nH]c1. The lowest BCUT2D eigenvalue weighted by Gasteiger charge is -2.15. The maximum Gasteiger partial charge on any atom is 0.226 e. The Morgan fingerprint density at radius 3 is 3.00 bits per heavy atom. The van der Waals surface area contributed by atoms with Crippen molar-refractivity contribution in [3.05, 3.63) is 18.0 Å². The number of carbonyl (C=O) groups excluding carboxylic acids is 1. The highest BCUT2D eigenvalue weighted by molar-refractivity contribution is 5.81. The van der Waals surface area contributed by atoms with Crippen molar-refractivity contribution in [3.8, 4) is 0 Å². The third-order valence-electron chi connectivity index (χ3n) is 2.78. The summed E-state index contributed by atoms with van der Waals surface area (Å²) in [4.78, 5) is 13.5. The van der Waals surface area contributed by atoms with E-state index < -0.39 is 0 Å². The summed E-state index contributed by atoms with van der Waals surface area (Å²) < 4.78 is 0. The van der Waals surface area contributed by atoms with Gasteiger partial charge in [-0.2, -0.15) is 5.10 Å². The number of nitrogens with one attached hydrogen (secondary N) is 1. The van der Waals surface area contributed by atoms with Crippen molar-refractivity contribution in [2.24, 2.45) is 11.8 Å². The molecule has 0 aromatic carbocycles. The molecule has 1 aromatic heterocycles. The van der Waals surface area contributed by atoms with E-state index in [1.807, 2.05) is 13.2 Å². The first-order valence-electron chi connectivity index (χ1n) is 4.91. The van der Waals surface area contributed by atoms with Crippen molar-refractivity contribution in [1.29, 1.82) is 0 Å². The van der Waals surface area contributed by atoms with Crippen LogP contribution in [0.1, 0.15) is 18.9 Å². The average molecular weight is 193 g/mol. The molecule has 1 aliphatic rings. The molecule has 0 aliphatic heterocycles. The van der Waals surface area contributed by atoms with E-state index in [0.717, 1.165) is 12.0 Å². The van der Waals surface area contributed by atoms with Crippen LogP contribution in [0.15, 0.2) is 12.4 Å². The molecule has 2 unspecified atom stereocenters. The molecule has 0 spiro atoms. The van der Waals surface area contributed by atoms with Crippen molar-refractivity contribution >= 4 is 5.91 Å². The van der Waals surface area contributed by atoms with Gasteiger partial charge in [0.15, 0.2) is 0 Å². The van der Waals surface area contributed by atoms with Gasteiger partial charge in [0.2, 0.25) is 5.91 Å². The molecule has 1 aromatic rings. The largest absolute Gasteiger partial charge is 0.341 e. The predicted octanol–water partition coefficient (Wildman–Crippen LogP) is 1.02. The minimum atomic E-state index is 0.263. The molecule has 0 saturated heterocycles. The first-order valence-corrected chi connectivity index (χ1v) is 4.91. The molecule has 14 heavy (non-hydrogen) atoms. The Balaban J connectivity index is 1.89. The van der Waals surface area contributed by atoms with Crippen LogP contribution < -0.4 is 0 Å². The fraction of sp³-hybridized carbons (Fsp3) is 0.600. The number of hydrogen-bond acceptors (Lipinski definition) is 2. The maximum absolute atomic E-state index is 11.7. The maximum atomic E-state index is 11.7. The molecule has 1 saturated carbocycles. The first kappa shape index (κ1) is 9.24. The Kier molecular flexibility index (Phi) is 2.27. The number of rotatable bonds is 3. The summed E-state index contributed by atoms with van der Waals surface area (Å²) in [5.74, 6) is 1.11. The number of nitrogens with zero attached hydrogens (tertiary/aromatic N) is 2. The lowest BCUT2D eigenvalue weighted by molar-refractivity contribution is -0.132. The highest BCUT2D eigenvalue weighted by atomic mass is 16.2. The van der Waals surface area contributed by atoms with Gasteiger partial charge in [0.05, 0.1) is 6.20 Å². The Bertz CT molecular complexity index is 320. The first-order chi connectivity index (χ1) is 6.68. The van der Waals surface area contributed by atoms with E-state index in [1.165, 1.54) is 0 Å². The zero-order valence-corrected chi connectivity index (χ0v) is 8.53. The zero-order valence-electron chi connectivity index (χ0n) is 8.53. The van der Waals surface area contributed by atoms with Crippen LogP contribution in [-0.2, 0) is 11.3 Å². The van der Waals surface area contributed by atoms with E-state index in [1.54, 1.807) is 11.1 Å². The van der Waals surface area contributed by atoms with Gasteiger partial charge in [0.1, 0.15) is 0 Å². The Morgan fingerprint density at radius 2 is 2.50 bits per heavy atom. The summed E-state index contributed by atoms with van der Waals surface area (Å²) in [5, 5.41) is 6.59. The molecule has 1 amide bonds. The van der Waals surface area contributed by atoms with Crippen molar-refractivity contribution in [1.82, 2.24) is 15.1 Å². The van der Waals surface area contributed by atoms with Crippen LogP contribution in [-0.4, -0.2) is 28.1 Å². The molecule has 76 valence electrons. The molecule has 1 fully saturated rings. The lowest BCUT2D eigenvalue weighted by atomic mass is 10.2. The topological polar surface area (TPSA) is 49.0 Å². The summed E-state index contributed by atoms with van der Waals surface area (Å²) in [6.45, 7) is 2.77. The molecule has 1 heterocycles. The van der Waals surface area contributed by atoms with Crippen molar-refractivity contribution < 1.29 is 4.79 Å². The van der Waals surface area contributed by atoms with Gasteiger partial charge in [0.25, 0.3) is 0 Å². The number of aromatic amines is 1. The van der Waals surface area contributed by atoms with Crippen LogP contribution in [0.4, 0.5) is 0 Å². The van der Waals surface area contributed by atoms with E-state index in [9.17, 15) is 4.79 Å². The molecule has 0 radical (unpaired) electrons. The molecular weight excluding hydrogens is 178 g/mol. The molecule has 4 heteroatoms. The minimum absolute atomic E-state index is 0.263. The highest BCUT2D eigenvalue weighted by Crippen LogP contribution is 2.39. The Hall–Kier alpha value is -1.32. The zero-order chi connectivity index (χ0) is 10.1. The van der Waals surface area contributed by atoms with Gasteiger partial charge in [0, 0.05) is 31.3 Å². The van der Waals surface area contributed by atoms with Crippen LogP contribution in [0, 0.1) is 11.8 Å². The summed E-state index contributed by atoms with van der Waals surface area (Å²) >= 11 is 0. The van der Waals surface area contributed by atoms with E-state index in [2.05, 4.69) is 17.1 Å². The normalized spacial score (nSPS) is 24.7. The average Bonchev–Trinajstić information content (AvgIpc) is 2.65. The fourth-order valence-corrected chi connectivity index (χ4v) is 1.67. The molecule has 2 rings (SSSR count). The Morgan fingerprint density at radius 1 is 1.79 bits per heavy atom. The van der Waals surface area contributed by atoms with E-state index >= 15 is 0 Å². The molecule has 0 bridgehead atoms. The van der Waals surface area contributed by atoms with Crippen LogP contribution in [0.2, 0.25) is 0 Å². The van der Waals surface area contributed by atoms with E-state index in [4.69, 9.17) is 0 Å². The van der Waals surface area contributed by atoms with Crippen molar-refractivity contribution in [2.45, 2.75) is 19.9 Å². The molecule has 4 nitrogen and oxygen atoms in total.